The SMILES string of the molecule is COc1ccc2[nH]c(C(=O)n3nc(C)c4c3Oc3[nH]c(=S)[nH]c(=S)c3C4c3ccc([N+](=O)[O-])cc3)c(-c3ccccc3)c2c1. The van der Waals surface area contributed by atoms with Gasteiger partial charge in [-0.15, -0.1) is 0 Å². The van der Waals surface area contributed by atoms with E-state index in [-0.39, 0.29) is 22.2 Å². The van der Waals surface area contributed by atoms with Crippen LogP contribution in [0.15, 0.2) is 72.8 Å². The third kappa shape index (κ3) is 4.32. The largest absolute Gasteiger partial charge is 0.497 e. The molecule has 1 aliphatic heterocycles. The Hall–Kier alpha value is -5.40. The molecule has 0 fully saturated rings. The van der Waals surface area contributed by atoms with E-state index in [1.807, 2.05) is 48.5 Å². The maximum Gasteiger partial charge on any atom is 0.298 e. The van der Waals surface area contributed by atoms with Gasteiger partial charge < -0.3 is 24.4 Å². The second-order valence-corrected chi connectivity index (χ2v) is 11.0. The summed E-state index contributed by atoms with van der Waals surface area (Å²) in [4.78, 5) is 34.7. The maximum atomic E-state index is 14.5. The number of carbonyl (C=O) groups is 1. The van der Waals surface area contributed by atoms with Gasteiger partial charge in [-0.2, -0.15) is 9.78 Å². The fourth-order valence-corrected chi connectivity index (χ4v) is 6.31. The molecule has 1 unspecified atom stereocenters. The number of nitrogens with zero attached hydrogens (tertiary/aromatic N) is 3. The van der Waals surface area contributed by atoms with Crippen molar-refractivity contribution in [1.29, 1.82) is 0 Å². The number of hydrogen-bond acceptors (Lipinski definition) is 8. The smallest absolute Gasteiger partial charge is 0.298 e. The Balaban J connectivity index is 1.45. The maximum absolute atomic E-state index is 14.5. The summed E-state index contributed by atoms with van der Waals surface area (Å²) >= 11 is 11.0. The number of methoxy groups -OCH3 is 1. The van der Waals surface area contributed by atoms with E-state index in [1.54, 1.807) is 26.2 Å². The van der Waals surface area contributed by atoms with E-state index in [2.05, 4.69) is 20.1 Å². The van der Waals surface area contributed by atoms with Crippen LogP contribution < -0.4 is 9.47 Å². The van der Waals surface area contributed by atoms with Crippen LogP contribution in [0.5, 0.6) is 17.5 Å². The molecule has 0 amide bonds. The van der Waals surface area contributed by atoms with E-state index in [0.717, 1.165) is 16.5 Å². The van der Waals surface area contributed by atoms with Crippen molar-refractivity contribution in [2.45, 2.75) is 12.8 Å². The van der Waals surface area contributed by atoms with Crippen molar-refractivity contribution in [3.05, 3.63) is 120 Å². The first-order valence-corrected chi connectivity index (χ1v) is 14.2. The van der Waals surface area contributed by atoms with E-state index in [9.17, 15) is 14.9 Å². The average molecular weight is 623 g/mol. The number of aromatic amines is 3. The number of rotatable bonds is 5. The first-order chi connectivity index (χ1) is 21.2. The molecule has 4 heterocycles. The molecule has 13 heteroatoms. The number of fused-ring (bicyclic) bond motifs is 3. The van der Waals surface area contributed by atoms with E-state index in [1.165, 1.54) is 16.8 Å². The van der Waals surface area contributed by atoms with Crippen LogP contribution >= 0.6 is 24.4 Å². The molecule has 0 saturated heterocycles. The normalized spacial score (nSPS) is 13.6. The summed E-state index contributed by atoms with van der Waals surface area (Å²) in [6.45, 7) is 1.78. The van der Waals surface area contributed by atoms with Crippen molar-refractivity contribution in [2.75, 3.05) is 7.11 Å². The summed E-state index contributed by atoms with van der Waals surface area (Å²) < 4.78 is 13.6. The van der Waals surface area contributed by atoms with Gasteiger partial charge in [-0.3, -0.25) is 14.9 Å². The second-order valence-electron chi connectivity index (χ2n) is 10.2. The fourth-order valence-electron chi connectivity index (χ4n) is 5.74. The lowest BCUT2D eigenvalue weighted by Crippen LogP contribution is -2.20. The van der Waals surface area contributed by atoms with Gasteiger partial charge in [0.1, 0.15) is 16.1 Å². The molecule has 3 aromatic heterocycles. The summed E-state index contributed by atoms with van der Waals surface area (Å²) in [5.41, 5.74) is 4.93. The zero-order valence-electron chi connectivity index (χ0n) is 23.2. The zero-order valence-corrected chi connectivity index (χ0v) is 24.8. The number of nitrogens with one attached hydrogen (secondary N) is 3. The van der Waals surface area contributed by atoms with E-state index in [4.69, 9.17) is 33.9 Å². The Bertz CT molecular complexity index is 2250. The van der Waals surface area contributed by atoms with Crippen molar-refractivity contribution in [3.63, 3.8) is 0 Å². The van der Waals surface area contributed by atoms with Gasteiger partial charge in [0.2, 0.25) is 11.8 Å². The molecular formula is C31H22N6O5S2. The highest BCUT2D eigenvalue weighted by Gasteiger charge is 2.38. The van der Waals surface area contributed by atoms with Crippen LogP contribution in [0.4, 0.5) is 5.69 Å². The Kier molecular flexibility index (Phi) is 6.48. The van der Waals surface area contributed by atoms with Crippen molar-refractivity contribution < 1.29 is 19.2 Å². The number of ether oxygens (including phenoxy) is 2. The van der Waals surface area contributed by atoms with E-state index >= 15 is 0 Å². The number of benzene rings is 3. The highest BCUT2D eigenvalue weighted by molar-refractivity contribution is 7.72. The highest BCUT2D eigenvalue weighted by atomic mass is 32.1. The molecule has 0 bridgehead atoms. The standard InChI is InChI=1S/C31H22N6O5S2/c1-15-22-24(17-8-10-18(11-9-17)37(39)40)25-27(33-31(44)34-28(25)43)42-30(22)36(35-15)29(38)26-23(16-6-4-3-5-7-16)20-14-19(41-2)12-13-21(20)32-26/h3-14,24,32H,1-2H3,(H2,33,34,43,44). The zero-order chi connectivity index (χ0) is 30.7. The number of aromatic nitrogens is 5. The van der Waals surface area contributed by atoms with Gasteiger partial charge in [-0.25, -0.2) is 0 Å². The van der Waals surface area contributed by atoms with E-state index < -0.39 is 16.7 Å². The number of hydrogen-bond donors (Lipinski definition) is 3. The summed E-state index contributed by atoms with van der Waals surface area (Å²) in [6, 6.07) is 21.3. The third-order valence-corrected chi connectivity index (χ3v) is 8.22. The second kappa shape index (κ2) is 10.4. The third-order valence-electron chi connectivity index (χ3n) is 7.69. The molecule has 1 aliphatic rings. The topological polar surface area (TPSA) is 144 Å². The van der Waals surface area contributed by atoms with Crippen molar-refractivity contribution in [3.8, 4) is 28.6 Å². The molecule has 0 radical (unpaired) electrons. The average Bonchev–Trinajstić information content (AvgIpc) is 3.57. The number of carbonyl (C=O) groups excluding carboxylic acids is 1. The Morgan fingerprint density at radius 3 is 2.48 bits per heavy atom. The Labute approximate surface area is 259 Å². The molecule has 0 aliphatic carbocycles. The van der Waals surface area contributed by atoms with Crippen LogP contribution in [-0.4, -0.2) is 42.7 Å². The van der Waals surface area contributed by atoms with Crippen LogP contribution in [-0.2, 0) is 0 Å². The molecule has 44 heavy (non-hydrogen) atoms. The molecule has 0 saturated carbocycles. The van der Waals surface area contributed by atoms with Crippen LogP contribution in [0.25, 0.3) is 22.0 Å². The molecular weight excluding hydrogens is 601 g/mol. The minimum atomic E-state index is -0.563. The first-order valence-electron chi connectivity index (χ1n) is 13.4. The number of non-ortho nitro benzene ring substituents is 1. The lowest BCUT2D eigenvalue weighted by molar-refractivity contribution is -0.384. The predicted octanol–water partition coefficient (Wildman–Crippen LogP) is 7.35. The molecule has 3 aromatic carbocycles. The van der Waals surface area contributed by atoms with Crippen LogP contribution in [0, 0.1) is 26.4 Å². The number of aryl methyl sites for hydroxylation is 1. The van der Waals surface area contributed by atoms with Crippen LogP contribution in [0.3, 0.4) is 0 Å². The Morgan fingerprint density at radius 1 is 1.02 bits per heavy atom. The van der Waals surface area contributed by atoms with Gasteiger partial charge in [0, 0.05) is 34.5 Å². The molecule has 1 atom stereocenters. The van der Waals surface area contributed by atoms with Gasteiger partial charge >= 0.3 is 0 Å². The summed E-state index contributed by atoms with van der Waals surface area (Å²) in [5, 5.41) is 16.8. The molecule has 6 aromatic rings. The van der Waals surface area contributed by atoms with Crippen LogP contribution in [0.1, 0.15) is 38.8 Å². The van der Waals surface area contributed by atoms with Gasteiger partial charge in [-0.1, -0.05) is 54.7 Å². The number of nitro groups is 1. The number of H-pyrrole nitrogens is 3. The minimum absolute atomic E-state index is 0.0506. The molecule has 0 spiro atoms. The highest BCUT2D eigenvalue weighted by Crippen LogP contribution is 2.48. The summed E-state index contributed by atoms with van der Waals surface area (Å²) in [7, 11) is 1.59. The van der Waals surface area contributed by atoms with Gasteiger partial charge in [0.15, 0.2) is 4.77 Å². The fraction of sp³-hybridized carbons (Fsp3) is 0.0968. The summed E-state index contributed by atoms with van der Waals surface area (Å²) in [5.74, 6) is 0.0805. The van der Waals surface area contributed by atoms with Crippen molar-refractivity contribution >= 4 is 46.9 Å². The lowest BCUT2D eigenvalue weighted by Gasteiger charge is -2.26. The van der Waals surface area contributed by atoms with Crippen molar-refractivity contribution in [1.82, 2.24) is 24.7 Å². The van der Waals surface area contributed by atoms with Gasteiger partial charge in [0.05, 0.1) is 28.9 Å². The quantitative estimate of drug-likeness (QED) is 0.103. The molecule has 11 nitrogen and oxygen atoms in total. The molecule has 3 N–H and O–H groups in total. The van der Waals surface area contributed by atoms with Gasteiger partial charge in [0.25, 0.3) is 11.6 Å². The van der Waals surface area contributed by atoms with E-state index in [0.29, 0.717) is 44.0 Å². The van der Waals surface area contributed by atoms with Crippen molar-refractivity contribution in [2.24, 2.45) is 0 Å². The summed E-state index contributed by atoms with van der Waals surface area (Å²) in [6.07, 6.45) is 0. The van der Waals surface area contributed by atoms with Crippen LogP contribution in [0.2, 0.25) is 0 Å². The minimum Gasteiger partial charge on any atom is -0.497 e. The lowest BCUT2D eigenvalue weighted by atomic mass is 9.85. The monoisotopic (exact) mass is 622 g/mol. The van der Waals surface area contributed by atoms with Gasteiger partial charge in [-0.05, 0) is 48.5 Å². The number of nitro benzene ring substituents is 1. The predicted molar refractivity (Wildman–Crippen MR) is 168 cm³/mol. The Morgan fingerprint density at radius 2 is 1.77 bits per heavy atom. The molecule has 7 rings (SSSR count). The first kappa shape index (κ1) is 27.4. The molecule has 218 valence electrons.